The van der Waals surface area contributed by atoms with E-state index < -0.39 is 0 Å². The normalized spacial score (nSPS) is 11.8. The number of rotatable bonds is 10. The second-order valence-electron chi connectivity index (χ2n) is 6.47. The van der Waals surface area contributed by atoms with Gasteiger partial charge in [0, 0.05) is 36.9 Å². The molecule has 0 spiro atoms. The first kappa shape index (κ1) is 21.2. The molecule has 148 valence electrons. The van der Waals surface area contributed by atoms with Crippen molar-refractivity contribution in [3.63, 3.8) is 0 Å². The van der Waals surface area contributed by atoms with Crippen LogP contribution in [0.5, 0.6) is 0 Å². The molecule has 1 heterocycles. The minimum Gasteiger partial charge on any atom is -0.381 e. The molecular formula is C19H28ClN5O2. The lowest BCUT2D eigenvalue weighted by molar-refractivity contribution is 0.108. The summed E-state index contributed by atoms with van der Waals surface area (Å²) in [6.07, 6.45) is 0.913. The molecule has 0 amide bonds. The number of aliphatic imine (C=N–C) groups is 1. The van der Waals surface area contributed by atoms with E-state index >= 15 is 0 Å². The van der Waals surface area contributed by atoms with E-state index in [1.165, 1.54) is 0 Å². The van der Waals surface area contributed by atoms with Crippen molar-refractivity contribution in [2.24, 2.45) is 10.9 Å². The summed E-state index contributed by atoms with van der Waals surface area (Å²) in [6, 6.07) is 7.34. The quantitative estimate of drug-likeness (QED) is 0.365. The average Bonchev–Trinajstić information content (AvgIpc) is 3.11. The van der Waals surface area contributed by atoms with Gasteiger partial charge in [-0.2, -0.15) is 4.98 Å². The molecule has 2 aromatic rings. The van der Waals surface area contributed by atoms with Crippen LogP contribution in [0.15, 0.2) is 33.8 Å². The molecule has 1 aromatic heterocycles. The molecule has 0 aliphatic rings. The molecule has 0 aliphatic carbocycles. The van der Waals surface area contributed by atoms with Crippen molar-refractivity contribution in [3.05, 3.63) is 35.2 Å². The molecule has 0 bridgehead atoms. The zero-order chi connectivity index (χ0) is 19.5. The van der Waals surface area contributed by atoms with Gasteiger partial charge in [0.2, 0.25) is 11.7 Å². The summed E-state index contributed by atoms with van der Waals surface area (Å²) < 4.78 is 10.9. The number of hydrogen-bond donors (Lipinski definition) is 2. The molecule has 2 rings (SSSR count). The number of aromatic nitrogens is 2. The number of nitrogens with one attached hydrogen (secondary N) is 2. The molecule has 8 heteroatoms. The maximum Gasteiger partial charge on any atom is 0.248 e. The zero-order valence-corrected chi connectivity index (χ0v) is 16.9. The Balaban J connectivity index is 1.83. The van der Waals surface area contributed by atoms with E-state index in [1.807, 2.05) is 19.1 Å². The molecule has 0 aliphatic heterocycles. The average molecular weight is 394 g/mol. The number of nitrogens with zero attached hydrogens (tertiary/aromatic N) is 3. The highest BCUT2D eigenvalue weighted by Gasteiger charge is 2.09. The van der Waals surface area contributed by atoms with Crippen LogP contribution >= 0.6 is 11.6 Å². The summed E-state index contributed by atoms with van der Waals surface area (Å²) in [7, 11) is 0. The fraction of sp³-hybridized carbons (Fsp3) is 0.526. The third-order valence-corrected chi connectivity index (χ3v) is 3.71. The first-order chi connectivity index (χ1) is 13.1. The Morgan fingerprint density at radius 3 is 2.93 bits per heavy atom. The molecule has 27 heavy (non-hydrogen) atoms. The van der Waals surface area contributed by atoms with Gasteiger partial charge in [0.15, 0.2) is 5.96 Å². The number of halogens is 1. The van der Waals surface area contributed by atoms with Crippen molar-refractivity contribution in [3.8, 4) is 11.4 Å². The monoisotopic (exact) mass is 393 g/mol. The van der Waals surface area contributed by atoms with Gasteiger partial charge in [-0.25, -0.2) is 4.99 Å². The second kappa shape index (κ2) is 11.6. The Morgan fingerprint density at radius 2 is 2.19 bits per heavy atom. The highest BCUT2D eigenvalue weighted by Crippen LogP contribution is 2.20. The van der Waals surface area contributed by atoms with E-state index in [0.717, 1.165) is 38.3 Å². The summed E-state index contributed by atoms with van der Waals surface area (Å²) in [4.78, 5) is 8.86. The third-order valence-electron chi connectivity index (χ3n) is 3.48. The van der Waals surface area contributed by atoms with E-state index in [9.17, 15) is 0 Å². The predicted molar refractivity (Wildman–Crippen MR) is 108 cm³/mol. The van der Waals surface area contributed by atoms with Gasteiger partial charge < -0.3 is 19.9 Å². The van der Waals surface area contributed by atoms with Crippen LogP contribution in [0.1, 0.15) is 33.1 Å². The molecule has 1 aromatic carbocycles. The fourth-order valence-electron chi connectivity index (χ4n) is 2.25. The summed E-state index contributed by atoms with van der Waals surface area (Å²) >= 11 is 6.00. The first-order valence-corrected chi connectivity index (χ1v) is 9.64. The van der Waals surface area contributed by atoms with Gasteiger partial charge >= 0.3 is 0 Å². The van der Waals surface area contributed by atoms with Crippen LogP contribution in [0.4, 0.5) is 0 Å². The number of ether oxygens (including phenoxy) is 1. The maximum atomic E-state index is 6.00. The standard InChI is InChI=1S/C19H28ClN5O2/c1-4-21-19(22-9-6-10-26-13-14(2)3)23-12-17-24-18(25-27-17)15-7-5-8-16(20)11-15/h5,7-8,11,14H,4,6,9-10,12-13H2,1-3H3,(H2,21,22,23). The minimum absolute atomic E-state index is 0.298. The van der Waals surface area contributed by atoms with Gasteiger partial charge in [-0.1, -0.05) is 42.7 Å². The maximum absolute atomic E-state index is 6.00. The molecule has 0 atom stereocenters. The van der Waals surface area contributed by atoms with Crippen molar-refractivity contribution in [2.75, 3.05) is 26.3 Å². The largest absolute Gasteiger partial charge is 0.381 e. The van der Waals surface area contributed by atoms with Crippen LogP contribution in [0.3, 0.4) is 0 Å². The van der Waals surface area contributed by atoms with Crippen molar-refractivity contribution in [1.29, 1.82) is 0 Å². The van der Waals surface area contributed by atoms with Gasteiger partial charge in [0.1, 0.15) is 6.54 Å². The SMILES string of the molecule is CCNC(=NCc1nc(-c2cccc(Cl)c2)no1)NCCCOCC(C)C. The summed E-state index contributed by atoms with van der Waals surface area (Å²) in [5.41, 5.74) is 0.813. The summed E-state index contributed by atoms with van der Waals surface area (Å²) in [6.45, 7) is 9.68. The van der Waals surface area contributed by atoms with Gasteiger partial charge in [-0.15, -0.1) is 0 Å². The topological polar surface area (TPSA) is 84.6 Å². The fourth-order valence-corrected chi connectivity index (χ4v) is 2.44. The molecule has 2 N–H and O–H groups in total. The van der Waals surface area contributed by atoms with Crippen LogP contribution in [-0.4, -0.2) is 42.4 Å². The lowest BCUT2D eigenvalue weighted by Gasteiger charge is -2.11. The Bertz CT molecular complexity index is 718. The number of hydrogen-bond acceptors (Lipinski definition) is 5. The first-order valence-electron chi connectivity index (χ1n) is 9.27. The third kappa shape index (κ3) is 7.97. The molecule has 0 radical (unpaired) electrons. The van der Waals surface area contributed by atoms with Gasteiger partial charge in [0.25, 0.3) is 0 Å². The van der Waals surface area contributed by atoms with Crippen LogP contribution in [0.2, 0.25) is 5.02 Å². The van der Waals surface area contributed by atoms with E-state index in [-0.39, 0.29) is 0 Å². The Kier molecular flexibility index (Phi) is 9.07. The van der Waals surface area contributed by atoms with E-state index in [1.54, 1.807) is 12.1 Å². The highest BCUT2D eigenvalue weighted by molar-refractivity contribution is 6.30. The second-order valence-corrected chi connectivity index (χ2v) is 6.90. The van der Waals surface area contributed by atoms with Crippen LogP contribution in [0, 0.1) is 5.92 Å². The summed E-state index contributed by atoms with van der Waals surface area (Å²) in [5, 5.41) is 11.1. The molecule has 0 fully saturated rings. The van der Waals surface area contributed by atoms with Gasteiger partial charge in [-0.05, 0) is 31.4 Å². The summed E-state index contributed by atoms with van der Waals surface area (Å²) in [5.74, 6) is 2.22. The van der Waals surface area contributed by atoms with Crippen LogP contribution in [0.25, 0.3) is 11.4 Å². The Hall–Kier alpha value is -2.12. The van der Waals surface area contributed by atoms with E-state index in [2.05, 4.69) is 39.6 Å². The minimum atomic E-state index is 0.298. The molecular weight excluding hydrogens is 366 g/mol. The lowest BCUT2D eigenvalue weighted by Crippen LogP contribution is -2.38. The molecule has 0 saturated carbocycles. The smallest absolute Gasteiger partial charge is 0.248 e. The molecule has 0 unspecified atom stereocenters. The van der Waals surface area contributed by atoms with Crippen molar-refractivity contribution < 1.29 is 9.26 Å². The molecule has 0 saturated heterocycles. The van der Waals surface area contributed by atoms with Crippen molar-refractivity contribution in [1.82, 2.24) is 20.8 Å². The van der Waals surface area contributed by atoms with Gasteiger partial charge in [-0.3, -0.25) is 0 Å². The van der Waals surface area contributed by atoms with Crippen LogP contribution < -0.4 is 10.6 Å². The van der Waals surface area contributed by atoms with Crippen molar-refractivity contribution in [2.45, 2.75) is 33.7 Å². The zero-order valence-electron chi connectivity index (χ0n) is 16.2. The predicted octanol–water partition coefficient (Wildman–Crippen LogP) is 3.51. The number of benzene rings is 1. The lowest BCUT2D eigenvalue weighted by atomic mass is 10.2. The van der Waals surface area contributed by atoms with E-state index in [0.29, 0.717) is 35.2 Å². The van der Waals surface area contributed by atoms with Crippen LogP contribution in [-0.2, 0) is 11.3 Å². The Labute approximate surface area is 165 Å². The van der Waals surface area contributed by atoms with Crippen molar-refractivity contribution >= 4 is 17.6 Å². The highest BCUT2D eigenvalue weighted by atomic mass is 35.5. The number of guanidine groups is 1. The Morgan fingerprint density at radius 1 is 1.33 bits per heavy atom. The van der Waals surface area contributed by atoms with E-state index in [4.69, 9.17) is 20.9 Å². The molecule has 7 nitrogen and oxygen atoms in total. The van der Waals surface area contributed by atoms with Gasteiger partial charge in [0.05, 0.1) is 0 Å².